The van der Waals surface area contributed by atoms with Gasteiger partial charge in [0.1, 0.15) is 5.76 Å². The second-order valence-corrected chi connectivity index (χ2v) is 3.79. The highest BCUT2D eigenvalue weighted by atomic mass is 16.5. The molecule has 92 valence electrons. The lowest BCUT2D eigenvalue weighted by Crippen LogP contribution is -2.08. The van der Waals surface area contributed by atoms with Crippen LogP contribution in [0.25, 0.3) is 0 Å². The van der Waals surface area contributed by atoms with Gasteiger partial charge < -0.3 is 9.15 Å². The lowest BCUT2D eigenvalue weighted by atomic mass is 10.0. The summed E-state index contributed by atoms with van der Waals surface area (Å²) in [5, 5.41) is 0. The molecule has 0 atom stereocenters. The summed E-state index contributed by atoms with van der Waals surface area (Å²) in [5.41, 5.74) is 0.731. The maximum Gasteiger partial charge on any atom is 0.374 e. The van der Waals surface area contributed by atoms with Crippen molar-refractivity contribution in [1.29, 1.82) is 0 Å². The van der Waals surface area contributed by atoms with Crippen LogP contribution >= 0.6 is 0 Å². The summed E-state index contributed by atoms with van der Waals surface area (Å²) in [7, 11) is 1.25. The number of benzene rings is 1. The zero-order valence-corrected chi connectivity index (χ0v) is 10.1. The van der Waals surface area contributed by atoms with Crippen molar-refractivity contribution in [1.82, 2.24) is 0 Å². The molecule has 1 heterocycles. The number of furan rings is 1. The highest BCUT2D eigenvalue weighted by Crippen LogP contribution is 2.19. The third kappa shape index (κ3) is 2.18. The molecule has 0 saturated carbocycles. The van der Waals surface area contributed by atoms with E-state index in [2.05, 4.69) is 4.74 Å². The number of aryl methyl sites for hydroxylation is 1. The minimum Gasteiger partial charge on any atom is -0.463 e. The maximum absolute atomic E-state index is 12.2. The van der Waals surface area contributed by atoms with Crippen molar-refractivity contribution in [2.24, 2.45) is 0 Å². The average Bonchev–Trinajstić information content (AvgIpc) is 2.80. The Labute approximate surface area is 104 Å². The topological polar surface area (TPSA) is 56.5 Å². The molecule has 0 aliphatic rings. The standard InChI is InChI=1S/C14H12O4/c1-9-8-11(13(18-9)14(16)17-2)12(15)10-6-4-3-5-7-10/h3-8H,1-2H3. The fraction of sp³-hybridized carbons (Fsp3) is 0.143. The Morgan fingerprint density at radius 1 is 1.17 bits per heavy atom. The van der Waals surface area contributed by atoms with E-state index in [-0.39, 0.29) is 17.1 Å². The molecule has 0 amide bonds. The summed E-state index contributed by atoms with van der Waals surface area (Å²) < 4.78 is 9.81. The molecule has 0 bridgehead atoms. The molecular weight excluding hydrogens is 232 g/mol. The van der Waals surface area contributed by atoms with Crippen molar-refractivity contribution in [3.63, 3.8) is 0 Å². The number of hydrogen-bond donors (Lipinski definition) is 0. The quantitative estimate of drug-likeness (QED) is 0.615. The largest absolute Gasteiger partial charge is 0.463 e. The molecule has 0 fully saturated rings. The smallest absolute Gasteiger partial charge is 0.374 e. The van der Waals surface area contributed by atoms with Gasteiger partial charge in [-0.1, -0.05) is 30.3 Å². The van der Waals surface area contributed by atoms with E-state index in [9.17, 15) is 9.59 Å². The molecule has 0 aliphatic carbocycles. The second kappa shape index (κ2) is 4.87. The first-order chi connectivity index (χ1) is 8.63. The second-order valence-electron chi connectivity index (χ2n) is 3.79. The Hall–Kier alpha value is -2.36. The molecule has 2 aromatic rings. The zero-order valence-electron chi connectivity index (χ0n) is 10.1. The van der Waals surface area contributed by atoms with Gasteiger partial charge in [0.2, 0.25) is 5.76 Å². The molecule has 0 spiro atoms. The molecule has 0 radical (unpaired) electrons. The highest BCUT2D eigenvalue weighted by Gasteiger charge is 2.23. The van der Waals surface area contributed by atoms with Crippen LogP contribution < -0.4 is 0 Å². The number of rotatable bonds is 3. The Morgan fingerprint density at radius 2 is 1.83 bits per heavy atom. The van der Waals surface area contributed by atoms with E-state index in [1.54, 1.807) is 37.3 Å². The van der Waals surface area contributed by atoms with E-state index in [1.165, 1.54) is 7.11 Å². The van der Waals surface area contributed by atoms with Gasteiger partial charge in [-0.2, -0.15) is 0 Å². The van der Waals surface area contributed by atoms with E-state index < -0.39 is 5.97 Å². The van der Waals surface area contributed by atoms with Gasteiger partial charge in [-0.25, -0.2) is 4.79 Å². The van der Waals surface area contributed by atoms with Crippen molar-refractivity contribution in [2.75, 3.05) is 7.11 Å². The third-order valence-corrected chi connectivity index (χ3v) is 2.51. The fourth-order valence-electron chi connectivity index (χ4n) is 1.67. The zero-order chi connectivity index (χ0) is 13.1. The summed E-state index contributed by atoms with van der Waals surface area (Å²) in [4.78, 5) is 23.7. The Bertz CT molecular complexity index is 581. The van der Waals surface area contributed by atoms with Gasteiger partial charge >= 0.3 is 5.97 Å². The monoisotopic (exact) mass is 244 g/mol. The number of ether oxygens (including phenoxy) is 1. The van der Waals surface area contributed by atoms with Crippen LogP contribution in [0.1, 0.15) is 32.2 Å². The number of carbonyl (C=O) groups excluding carboxylic acids is 2. The van der Waals surface area contributed by atoms with Crippen molar-refractivity contribution < 1.29 is 18.7 Å². The number of hydrogen-bond acceptors (Lipinski definition) is 4. The molecule has 0 N–H and O–H groups in total. The molecule has 0 aliphatic heterocycles. The van der Waals surface area contributed by atoms with Crippen molar-refractivity contribution in [3.05, 3.63) is 59.0 Å². The number of ketones is 1. The average molecular weight is 244 g/mol. The number of esters is 1. The predicted molar refractivity (Wildman–Crippen MR) is 64.7 cm³/mol. The number of carbonyl (C=O) groups is 2. The van der Waals surface area contributed by atoms with Crippen LogP contribution in [0.4, 0.5) is 0 Å². The van der Waals surface area contributed by atoms with Gasteiger partial charge in [-0.05, 0) is 13.0 Å². The van der Waals surface area contributed by atoms with E-state index in [0.29, 0.717) is 11.3 Å². The molecule has 4 nitrogen and oxygen atoms in total. The van der Waals surface area contributed by atoms with Crippen molar-refractivity contribution in [2.45, 2.75) is 6.92 Å². The summed E-state index contributed by atoms with van der Waals surface area (Å²) in [6, 6.07) is 10.3. The first-order valence-corrected chi connectivity index (χ1v) is 5.42. The Morgan fingerprint density at radius 3 is 2.44 bits per heavy atom. The van der Waals surface area contributed by atoms with E-state index in [0.717, 1.165) is 0 Å². The van der Waals surface area contributed by atoms with Crippen LogP contribution in [0, 0.1) is 6.92 Å². The Balaban J connectivity index is 2.45. The van der Waals surface area contributed by atoms with E-state index in [4.69, 9.17) is 4.42 Å². The van der Waals surface area contributed by atoms with Gasteiger partial charge in [0.15, 0.2) is 5.78 Å². The summed E-state index contributed by atoms with van der Waals surface area (Å²) in [6.07, 6.45) is 0. The van der Waals surface area contributed by atoms with Crippen molar-refractivity contribution >= 4 is 11.8 Å². The molecule has 1 aromatic heterocycles. The molecule has 2 rings (SSSR count). The van der Waals surface area contributed by atoms with Crippen LogP contribution in [-0.4, -0.2) is 18.9 Å². The summed E-state index contributed by atoms with van der Waals surface area (Å²) in [6.45, 7) is 1.67. The van der Waals surface area contributed by atoms with Gasteiger partial charge in [-0.3, -0.25) is 4.79 Å². The van der Waals surface area contributed by atoms with Gasteiger partial charge in [-0.15, -0.1) is 0 Å². The predicted octanol–water partition coefficient (Wildman–Crippen LogP) is 2.61. The normalized spacial score (nSPS) is 10.1. The fourth-order valence-corrected chi connectivity index (χ4v) is 1.67. The SMILES string of the molecule is COC(=O)c1oc(C)cc1C(=O)c1ccccc1. The van der Waals surface area contributed by atoms with Crippen LogP contribution in [0.15, 0.2) is 40.8 Å². The van der Waals surface area contributed by atoms with Crippen LogP contribution in [-0.2, 0) is 4.74 Å². The maximum atomic E-state index is 12.2. The van der Waals surface area contributed by atoms with Gasteiger partial charge in [0.05, 0.1) is 12.7 Å². The lowest BCUT2D eigenvalue weighted by molar-refractivity contribution is 0.0560. The summed E-state index contributed by atoms with van der Waals surface area (Å²) >= 11 is 0. The minimum atomic E-state index is -0.651. The molecule has 0 unspecified atom stereocenters. The number of methoxy groups -OCH3 is 1. The first-order valence-electron chi connectivity index (χ1n) is 5.42. The molecular formula is C14H12O4. The molecule has 18 heavy (non-hydrogen) atoms. The highest BCUT2D eigenvalue weighted by molar-refractivity contribution is 6.13. The van der Waals surface area contributed by atoms with Crippen LogP contribution in [0.2, 0.25) is 0 Å². The van der Waals surface area contributed by atoms with Gasteiger partial charge in [0.25, 0.3) is 0 Å². The van der Waals surface area contributed by atoms with Crippen molar-refractivity contribution in [3.8, 4) is 0 Å². The third-order valence-electron chi connectivity index (χ3n) is 2.51. The van der Waals surface area contributed by atoms with E-state index in [1.807, 2.05) is 6.07 Å². The first kappa shape index (κ1) is 12.1. The minimum absolute atomic E-state index is 0.0520. The molecule has 4 heteroatoms. The van der Waals surface area contributed by atoms with Crippen LogP contribution in [0.3, 0.4) is 0 Å². The Kier molecular flexibility index (Phi) is 3.28. The van der Waals surface area contributed by atoms with Gasteiger partial charge in [0, 0.05) is 5.56 Å². The summed E-state index contributed by atoms with van der Waals surface area (Å²) in [5.74, 6) is -0.464. The lowest BCUT2D eigenvalue weighted by Gasteiger charge is -2.00. The van der Waals surface area contributed by atoms with E-state index >= 15 is 0 Å². The molecule has 0 saturated heterocycles. The molecule has 1 aromatic carbocycles. The van der Waals surface area contributed by atoms with Crippen LogP contribution in [0.5, 0.6) is 0 Å².